The molecule has 4 rings (SSSR count). The van der Waals surface area contributed by atoms with Crippen LogP contribution in [-0.2, 0) is 0 Å². The van der Waals surface area contributed by atoms with Crippen molar-refractivity contribution in [3.05, 3.63) is 71.8 Å². The molecule has 0 spiro atoms. The molecule has 32 heavy (non-hydrogen) atoms. The second-order valence-corrected chi connectivity index (χ2v) is 7.57. The molecule has 0 saturated carbocycles. The molecule has 1 N–H and O–H groups in total. The number of benzene rings is 3. The number of methoxy groups -OCH3 is 2. The van der Waals surface area contributed by atoms with Crippen LogP contribution in [0.15, 0.2) is 60.7 Å². The van der Waals surface area contributed by atoms with E-state index >= 15 is 0 Å². The third kappa shape index (κ3) is 3.85. The highest BCUT2D eigenvalue weighted by molar-refractivity contribution is 6.11. The fourth-order valence-electron chi connectivity index (χ4n) is 3.66. The average Bonchev–Trinajstić information content (AvgIpc) is 2.92. The molecule has 164 valence electrons. The summed E-state index contributed by atoms with van der Waals surface area (Å²) in [5.41, 5.74) is 1.97. The third-order valence-electron chi connectivity index (χ3n) is 5.20. The first-order valence-electron chi connectivity index (χ1n) is 10.2. The number of hydrogen-bond acceptors (Lipinski definition) is 5. The summed E-state index contributed by atoms with van der Waals surface area (Å²) in [4.78, 5) is 27.9. The summed E-state index contributed by atoms with van der Waals surface area (Å²) in [7, 11) is 3.04. The summed E-state index contributed by atoms with van der Waals surface area (Å²) in [6, 6.07) is 17.2. The Kier molecular flexibility index (Phi) is 5.73. The quantitative estimate of drug-likeness (QED) is 0.606. The molecule has 0 bridgehead atoms. The van der Waals surface area contributed by atoms with Crippen molar-refractivity contribution < 1.29 is 23.8 Å². The van der Waals surface area contributed by atoms with Gasteiger partial charge in [-0.1, -0.05) is 12.1 Å². The first kappa shape index (κ1) is 21.2. The Balaban J connectivity index is 1.70. The molecule has 1 heterocycles. The minimum atomic E-state index is -0.343. The van der Waals surface area contributed by atoms with Crippen LogP contribution in [0.4, 0.5) is 11.4 Å². The van der Waals surface area contributed by atoms with E-state index in [9.17, 15) is 9.59 Å². The van der Waals surface area contributed by atoms with E-state index in [1.165, 1.54) is 7.11 Å². The van der Waals surface area contributed by atoms with Crippen molar-refractivity contribution in [1.29, 1.82) is 0 Å². The van der Waals surface area contributed by atoms with E-state index in [0.717, 1.165) is 0 Å². The lowest BCUT2D eigenvalue weighted by Gasteiger charge is -2.26. The molecule has 0 unspecified atom stereocenters. The van der Waals surface area contributed by atoms with Gasteiger partial charge in [0.15, 0.2) is 5.75 Å². The zero-order valence-electron chi connectivity index (χ0n) is 18.3. The van der Waals surface area contributed by atoms with E-state index in [-0.39, 0.29) is 17.9 Å². The summed E-state index contributed by atoms with van der Waals surface area (Å²) in [6.07, 6.45) is 0. The van der Waals surface area contributed by atoms with Gasteiger partial charge in [0.1, 0.15) is 17.2 Å². The van der Waals surface area contributed by atoms with Gasteiger partial charge in [-0.25, -0.2) is 0 Å². The number of nitrogens with one attached hydrogen (secondary N) is 1. The van der Waals surface area contributed by atoms with Gasteiger partial charge in [0, 0.05) is 17.8 Å². The number of amides is 2. The summed E-state index contributed by atoms with van der Waals surface area (Å²) >= 11 is 0. The second kappa shape index (κ2) is 8.63. The van der Waals surface area contributed by atoms with Crippen LogP contribution in [0, 0.1) is 0 Å². The van der Waals surface area contributed by atoms with Crippen molar-refractivity contribution in [3.63, 3.8) is 0 Å². The minimum Gasteiger partial charge on any atom is -0.497 e. The van der Waals surface area contributed by atoms with Crippen LogP contribution in [0.5, 0.6) is 23.0 Å². The van der Waals surface area contributed by atoms with Crippen molar-refractivity contribution >= 4 is 23.2 Å². The lowest BCUT2D eigenvalue weighted by atomic mass is 10.1. The first-order valence-corrected chi connectivity index (χ1v) is 10.2. The van der Waals surface area contributed by atoms with Gasteiger partial charge in [0.2, 0.25) is 0 Å². The van der Waals surface area contributed by atoms with E-state index in [2.05, 4.69) is 5.32 Å². The van der Waals surface area contributed by atoms with Crippen LogP contribution in [0.2, 0.25) is 0 Å². The topological polar surface area (TPSA) is 77.1 Å². The highest BCUT2D eigenvalue weighted by Crippen LogP contribution is 2.41. The lowest BCUT2D eigenvalue weighted by Crippen LogP contribution is -2.36. The van der Waals surface area contributed by atoms with E-state index in [0.29, 0.717) is 45.5 Å². The minimum absolute atomic E-state index is 0.122. The first-order chi connectivity index (χ1) is 15.4. The Bertz CT molecular complexity index is 1190. The van der Waals surface area contributed by atoms with Crippen LogP contribution in [0.3, 0.4) is 0 Å². The molecule has 3 aromatic carbocycles. The molecular formula is C25H24N2O5. The molecule has 0 saturated heterocycles. The van der Waals surface area contributed by atoms with Crippen LogP contribution in [0.1, 0.15) is 34.6 Å². The predicted molar refractivity (Wildman–Crippen MR) is 122 cm³/mol. The van der Waals surface area contributed by atoms with Gasteiger partial charge in [-0.15, -0.1) is 0 Å². The van der Waals surface area contributed by atoms with Gasteiger partial charge in [0.25, 0.3) is 11.8 Å². The predicted octanol–water partition coefficient (Wildman–Crippen LogP) is 5.12. The summed E-state index contributed by atoms with van der Waals surface area (Å²) in [5.74, 6) is 1.53. The molecule has 1 aliphatic heterocycles. The molecule has 0 fully saturated rings. The maximum atomic E-state index is 13.3. The summed E-state index contributed by atoms with van der Waals surface area (Å²) in [5, 5.41) is 2.88. The SMILES string of the molecule is COc1ccc(C(=O)Nc2ccc3c(c2)N(C(C)C)C(=O)c2ccccc2O3)c(OC)c1. The lowest BCUT2D eigenvalue weighted by molar-refractivity contribution is 0.0979. The molecule has 0 aromatic heterocycles. The number of carbonyl (C=O) groups is 2. The zero-order valence-corrected chi connectivity index (χ0v) is 18.3. The number of rotatable bonds is 5. The highest BCUT2D eigenvalue weighted by Gasteiger charge is 2.30. The molecule has 7 nitrogen and oxygen atoms in total. The smallest absolute Gasteiger partial charge is 0.262 e. The fraction of sp³-hybridized carbons (Fsp3) is 0.200. The van der Waals surface area contributed by atoms with Crippen LogP contribution < -0.4 is 24.4 Å². The largest absolute Gasteiger partial charge is 0.497 e. The maximum absolute atomic E-state index is 13.3. The number of para-hydroxylation sites is 1. The molecule has 0 atom stereocenters. The van der Waals surface area contributed by atoms with Gasteiger partial charge in [-0.3, -0.25) is 9.59 Å². The van der Waals surface area contributed by atoms with Crippen molar-refractivity contribution in [2.45, 2.75) is 19.9 Å². The summed E-state index contributed by atoms with van der Waals surface area (Å²) < 4.78 is 16.6. The highest BCUT2D eigenvalue weighted by atomic mass is 16.5. The second-order valence-electron chi connectivity index (χ2n) is 7.57. The number of ether oxygens (including phenoxy) is 3. The Labute approximate surface area is 186 Å². The van der Waals surface area contributed by atoms with Gasteiger partial charge in [-0.2, -0.15) is 0 Å². The molecule has 0 aliphatic carbocycles. The summed E-state index contributed by atoms with van der Waals surface area (Å²) in [6.45, 7) is 3.87. The molecule has 0 radical (unpaired) electrons. The van der Waals surface area contributed by atoms with Crippen molar-refractivity contribution in [3.8, 4) is 23.0 Å². The monoisotopic (exact) mass is 432 g/mol. The number of fused-ring (bicyclic) bond motifs is 2. The fourth-order valence-corrected chi connectivity index (χ4v) is 3.66. The number of nitrogens with zero attached hydrogens (tertiary/aromatic N) is 1. The van der Waals surface area contributed by atoms with Gasteiger partial charge < -0.3 is 24.4 Å². The van der Waals surface area contributed by atoms with E-state index in [4.69, 9.17) is 14.2 Å². The maximum Gasteiger partial charge on any atom is 0.262 e. The average molecular weight is 432 g/mol. The van der Waals surface area contributed by atoms with E-state index in [1.807, 2.05) is 26.0 Å². The zero-order chi connectivity index (χ0) is 22.8. The molecular weight excluding hydrogens is 408 g/mol. The Hall–Kier alpha value is -4.00. The number of anilines is 2. The Morgan fingerprint density at radius 1 is 0.969 bits per heavy atom. The van der Waals surface area contributed by atoms with Crippen molar-refractivity contribution in [1.82, 2.24) is 0 Å². The van der Waals surface area contributed by atoms with Gasteiger partial charge in [0.05, 0.1) is 31.0 Å². The molecule has 3 aromatic rings. The van der Waals surface area contributed by atoms with Gasteiger partial charge >= 0.3 is 0 Å². The standard InChI is InChI=1S/C25H24N2O5/c1-15(2)27-20-13-16(26-24(28)18-11-10-17(30-3)14-23(18)31-4)9-12-22(20)32-21-8-6-5-7-19(21)25(27)29/h5-15H,1-4H3,(H,26,28). The van der Waals surface area contributed by atoms with Crippen molar-refractivity contribution in [2.24, 2.45) is 0 Å². The van der Waals surface area contributed by atoms with Crippen LogP contribution in [-0.4, -0.2) is 32.1 Å². The Morgan fingerprint density at radius 2 is 1.75 bits per heavy atom. The van der Waals surface area contributed by atoms with Gasteiger partial charge in [-0.05, 0) is 56.3 Å². The normalized spacial score (nSPS) is 12.4. The molecule has 2 amide bonds. The van der Waals surface area contributed by atoms with E-state index < -0.39 is 0 Å². The van der Waals surface area contributed by atoms with Crippen LogP contribution >= 0.6 is 0 Å². The Morgan fingerprint density at radius 3 is 2.47 bits per heavy atom. The van der Waals surface area contributed by atoms with E-state index in [1.54, 1.807) is 60.5 Å². The molecule has 7 heteroatoms. The number of carbonyl (C=O) groups excluding carboxylic acids is 2. The van der Waals surface area contributed by atoms with Crippen molar-refractivity contribution in [2.75, 3.05) is 24.4 Å². The van der Waals surface area contributed by atoms with Crippen LogP contribution in [0.25, 0.3) is 0 Å². The third-order valence-corrected chi connectivity index (χ3v) is 5.20. The number of hydrogen-bond donors (Lipinski definition) is 1. The molecule has 1 aliphatic rings.